The van der Waals surface area contributed by atoms with Gasteiger partial charge in [0, 0.05) is 38.6 Å². The summed E-state index contributed by atoms with van der Waals surface area (Å²) in [5, 5.41) is 3.51. The number of nitrogens with zero attached hydrogens (tertiary/aromatic N) is 3. The summed E-state index contributed by atoms with van der Waals surface area (Å²) >= 11 is 0. The molecule has 7 heteroatoms. The van der Waals surface area contributed by atoms with E-state index in [1.54, 1.807) is 6.07 Å². The van der Waals surface area contributed by atoms with E-state index in [4.69, 9.17) is 0 Å². The molecule has 2 fully saturated rings. The maximum Gasteiger partial charge on any atom is 0.317 e. The first-order valence-corrected chi connectivity index (χ1v) is 8.95. The molecule has 2 amide bonds. The third kappa shape index (κ3) is 3.37. The second kappa shape index (κ2) is 6.84. The van der Waals surface area contributed by atoms with Crippen LogP contribution in [-0.2, 0) is 6.42 Å². The maximum absolute atomic E-state index is 12.2. The fraction of sp³-hybridized carbons (Fsp3) is 0.500. The molecule has 2 aliphatic rings. The molecule has 25 heavy (non-hydrogen) atoms. The van der Waals surface area contributed by atoms with Gasteiger partial charge in [-0.1, -0.05) is 12.1 Å². The van der Waals surface area contributed by atoms with Crippen molar-refractivity contribution in [1.82, 2.24) is 25.1 Å². The molecule has 0 saturated carbocycles. The van der Waals surface area contributed by atoms with Crippen LogP contribution in [0.15, 0.2) is 29.1 Å². The molecule has 2 aromatic rings. The Hall–Kier alpha value is -2.41. The average Bonchev–Trinajstić information content (AvgIpc) is 3.06. The second-order valence-corrected chi connectivity index (χ2v) is 6.80. The fourth-order valence-electron chi connectivity index (χ4n) is 3.84. The minimum Gasteiger partial charge on any atom is -0.336 e. The zero-order chi connectivity index (χ0) is 17.2. The number of nitrogens with one attached hydrogen (secondary N) is 2. The number of hydrogen-bond acceptors (Lipinski definition) is 4. The van der Waals surface area contributed by atoms with Gasteiger partial charge in [-0.15, -0.1) is 0 Å². The third-order valence-corrected chi connectivity index (χ3v) is 5.14. The molecular weight excluding hydrogens is 318 g/mol. The van der Waals surface area contributed by atoms with Crippen molar-refractivity contribution in [3.63, 3.8) is 0 Å². The van der Waals surface area contributed by atoms with E-state index in [0.717, 1.165) is 56.9 Å². The summed E-state index contributed by atoms with van der Waals surface area (Å²) in [7, 11) is 0. The highest BCUT2D eigenvalue weighted by Gasteiger charge is 2.31. The number of carbonyl (C=O) groups excluding carboxylic acids is 1. The number of aromatic nitrogens is 2. The van der Waals surface area contributed by atoms with Crippen LogP contribution in [0.3, 0.4) is 0 Å². The Kier molecular flexibility index (Phi) is 4.40. The Morgan fingerprint density at radius 1 is 1.20 bits per heavy atom. The third-order valence-electron chi connectivity index (χ3n) is 5.14. The number of benzene rings is 1. The number of likely N-dealkylation sites (tertiary alicyclic amines) is 1. The number of piperidine rings is 1. The van der Waals surface area contributed by atoms with Crippen molar-refractivity contribution in [2.45, 2.75) is 25.3 Å². The van der Waals surface area contributed by atoms with Gasteiger partial charge in [-0.05, 0) is 31.5 Å². The molecule has 1 aromatic carbocycles. The Labute approximate surface area is 146 Å². The van der Waals surface area contributed by atoms with Gasteiger partial charge in [0.2, 0.25) is 0 Å². The lowest BCUT2D eigenvalue weighted by Gasteiger charge is -2.37. The lowest BCUT2D eigenvalue weighted by atomic mass is 10.0. The van der Waals surface area contributed by atoms with Crippen molar-refractivity contribution < 1.29 is 4.79 Å². The highest BCUT2D eigenvalue weighted by Crippen LogP contribution is 2.18. The molecule has 4 rings (SSSR count). The molecule has 2 aliphatic heterocycles. The summed E-state index contributed by atoms with van der Waals surface area (Å²) in [5.41, 5.74) is 0.664. The first kappa shape index (κ1) is 16.1. The van der Waals surface area contributed by atoms with Crippen molar-refractivity contribution in [3.8, 4) is 0 Å². The van der Waals surface area contributed by atoms with Crippen LogP contribution in [0.4, 0.5) is 4.79 Å². The minimum absolute atomic E-state index is 0.0624. The molecule has 0 spiro atoms. The maximum atomic E-state index is 12.2. The minimum atomic E-state index is -0.0779. The predicted molar refractivity (Wildman–Crippen MR) is 95.6 cm³/mol. The van der Waals surface area contributed by atoms with Crippen LogP contribution in [0.1, 0.15) is 18.7 Å². The lowest BCUT2D eigenvalue weighted by molar-refractivity contribution is 0.127. The van der Waals surface area contributed by atoms with Crippen molar-refractivity contribution in [3.05, 3.63) is 40.4 Å². The van der Waals surface area contributed by atoms with Crippen molar-refractivity contribution >= 4 is 16.9 Å². The molecule has 3 heterocycles. The van der Waals surface area contributed by atoms with Gasteiger partial charge < -0.3 is 20.1 Å². The SMILES string of the molecule is O=C1NCCN1C1CCCN(CCc2nc3ccccc3c(=O)[nH]2)C1. The second-order valence-electron chi connectivity index (χ2n) is 6.80. The monoisotopic (exact) mass is 341 g/mol. The fourth-order valence-corrected chi connectivity index (χ4v) is 3.84. The van der Waals surface area contributed by atoms with Crippen molar-refractivity contribution in [2.24, 2.45) is 0 Å². The Morgan fingerprint density at radius 3 is 2.92 bits per heavy atom. The zero-order valence-electron chi connectivity index (χ0n) is 14.2. The predicted octanol–water partition coefficient (Wildman–Crippen LogP) is 0.955. The number of H-pyrrole nitrogens is 1. The van der Waals surface area contributed by atoms with Crippen LogP contribution in [0.5, 0.6) is 0 Å². The van der Waals surface area contributed by atoms with E-state index in [0.29, 0.717) is 17.8 Å². The Morgan fingerprint density at radius 2 is 2.08 bits per heavy atom. The van der Waals surface area contributed by atoms with E-state index in [9.17, 15) is 9.59 Å². The van der Waals surface area contributed by atoms with E-state index in [1.807, 2.05) is 23.1 Å². The highest BCUT2D eigenvalue weighted by molar-refractivity contribution is 5.77. The summed E-state index contributed by atoms with van der Waals surface area (Å²) < 4.78 is 0. The molecule has 7 nitrogen and oxygen atoms in total. The van der Waals surface area contributed by atoms with Gasteiger partial charge in [0.25, 0.3) is 5.56 Å². The van der Waals surface area contributed by atoms with Crippen LogP contribution >= 0.6 is 0 Å². The highest BCUT2D eigenvalue weighted by atomic mass is 16.2. The lowest BCUT2D eigenvalue weighted by Crippen LogP contribution is -2.49. The first-order chi connectivity index (χ1) is 12.2. The summed E-state index contributed by atoms with van der Waals surface area (Å²) in [6.07, 6.45) is 2.87. The van der Waals surface area contributed by atoms with Crippen LogP contribution in [0, 0.1) is 0 Å². The van der Waals surface area contributed by atoms with E-state index in [1.165, 1.54) is 0 Å². The number of carbonyl (C=O) groups is 1. The molecule has 2 saturated heterocycles. The van der Waals surface area contributed by atoms with Crippen LogP contribution in [-0.4, -0.2) is 64.6 Å². The summed E-state index contributed by atoms with van der Waals surface area (Å²) in [6.45, 7) is 4.32. The topological polar surface area (TPSA) is 81.3 Å². The standard InChI is InChI=1S/C18H23N5O2/c24-17-14-5-1-2-6-15(14)20-16(21-17)7-10-22-9-3-4-13(12-22)23-11-8-19-18(23)25/h1-2,5-6,13H,3-4,7-12H2,(H,19,25)(H,20,21,24). The molecule has 2 N–H and O–H groups in total. The number of fused-ring (bicyclic) bond motifs is 1. The molecule has 0 aliphatic carbocycles. The Bertz CT molecular complexity index is 834. The van der Waals surface area contributed by atoms with Gasteiger partial charge >= 0.3 is 6.03 Å². The summed E-state index contributed by atoms with van der Waals surface area (Å²) in [5.74, 6) is 0.727. The largest absolute Gasteiger partial charge is 0.336 e. The van der Waals surface area contributed by atoms with Gasteiger partial charge in [-0.2, -0.15) is 0 Å². The van der Waals surface area contributed by atoms with Crippen LogP contribution in [0.25, 0.3) is 10.9 Å². The summed E-state index contributed by atoms with van der Waals surface area (Å²) in [4.78, 5) is 35.8. The van der Waals surface area contributed by atoms with Crippen molar-refractivity contribution in [1.29, 1.82) is 0 Å². The zero-order valence-corrected chi connectivity index (χ0v) is 14.2. The number of amides is 2. The van der Waals surface area contributed by atoms with E-state index in [-0.39, 0.29) is 11.6 Å². The molecule has 1 atom stereocenters. The quantitative estimate of drug-likeness (QED) is 0.868. The molecule has 0 radical (unpaired) electrons. The number of para-hydroxylation sites is 1. The average molecular weight is 341 g/mol. The molecule has 132 valence electrons. The van der Waals surface area contributed by atoms with Crippen LogP contribution < -0.4 is 10.9 Å². The normalized spacial score (nSPS) is 21.7. The number of hydrogen-bond donors (Lipinski definition) is 2. The number of urea groups is 1. The van der Waals surface area contributed by atoms with Gasteiger partial charge in [0.15, 0.2) is 0 Å². The van der Waals surface area contributed by atoms with E-state index >= 15 is 0 Å². The summed E-state index contributed by atoms with van der Waals surface area (Å²) in [6, 6.07) is 7.77. The number of rotatable bonds is 4. The smallest absolute Gasteiger partial charge is 0.317 e. The number of aromatic amines is 1. The van der Waals surface area contributed by atoms with Crippen molar-refractivity contribution in [2.75, 3.05) is 32.7 Å². The Balaban J connectivity index is 1.41. The molecule has 0 bridgehead atoms. The molecule has 1 unspecified atom stereocenters. The van der Waals surface area contributed by atoms with Gasteiger partial charge in [-0.25, -0.2) is 9.78 Å². The molecule has 1 aromatic heterocycles. The van der Waals surface area contributed by atoms with E-state index < -0.39 is 0 Å². The van der Waals surface area contributed by atoms with Gasteiger partial charge in [-0.3, -0.25) is 4.79 Å². The van der Waals surface area contributed by atoms with E-state index in [2.05, 4.69) is 20.2 Å². The van der Waals surface area contributed by atoms with Crippen LogP contribution in [0.2, 0.25) is 0 Å². The first-order valence-electron chi connectivity index (χ1n) is 8.95. The van der Waals surface area contributed by atoms with Gasteiger partial charge in [0.1, 0.15) is 5.82 Å². The van der Waals surface area contributed by atoms with Gasteiger partial charge in [0.05, 0.1) is 10.9 Å². The molecular formula is C18H23N5O2.